The van der Waals surface area contributed by atoms with Gasteiger partial charge in [0, 0.05) is 23.4 Å². The number of nitrogens with zero attached hydrogens (tertiary/aromatic N) is 2. The molecule has 1 aliphatic carbocycles. The van der Waals surface area contributed by atoms with E-state index in [0.717, 1.165) is 33.6 Å². The predicted octanol–water partition coefficient (Wildman–Crippen LogP) is 5.53. The van der Waals surface area contributed by atoms with Gasteiger partial charge < -0.3 is 5.32 Å². The van der Waals surface area contributed by atoms with Crippen molar-refractivity contribution in [2.24, 2.45) is 0 Å². The number of benzene rings is 3. The topological polar surface area (TPSA) is 92.2 Å². The molecular formula is C27H24FN3O3S. The highest BCUT2D eigenvalue weighted by atomic mass is 32.2. The number of hydrogen-bond acceptors (Lipinski definition) is 5. The monoisotopic (exact) mass is 489 g/mol. The highest BCUT2D eigenvalue weighted by molar-refractivity contribution is 7.85. The molecule has 0 amide bonds. The fourth-order valence-corrected chi connectivity index (χ4v) is 5.08. The highest BCUT2D eigenvalue weighted by Crippen LogP contribution is 2.42. The summed E-state index contributed by atoms with van der Waals surface area (Å²) in [5, 5.41) is 3.23. The Labute approximate surface area is 203 Å². The molecule has 3 aromatic carbocycles. The average molecular weight is 490 g/mol. The van der Waals surface area contributed by atoms with Gasteiger partial charge in [0.15, 0.2) is 0 Å². The Balaban J connectivity index is 1.37. The summed E-state index contributed by atoms with van der Waals surface area (Å²) < 4.78 is 45.2. The largest absolute Gasteiger partial charge is 0.324 e. The van der Waals surface area contributed by atoms with Crippen molar-refractivity contribution in [3.05, 3.63) is 107 Å². The molecule has 1 aromatic heterocycles. The van der Waals surface area contributed by atoms with E-state index in [1.807, 2.05) is 60.7 Å². The van der Waals surface area contributed by atoms with Crippen LogP contribution in [-0.2, 0) is 23.0 Å². The van der Waals surface area contributed by atoms with Gasteiger partial charge >= 0.3 is 0 Å². The molecule has 0 fully saturated rings. The van der Waals surface area contributed by atoms with Crippen LogP contribution in [-0.4, -0.2) is 28.7 Å². The van der Waals surface area contributed by atoms with Crippen LogP contribution in [0.3, 0.4) is 0 Å². The van der Waals surface area contributed by atoms with Crippen molar-refractivity contribution in [1.82, 2.24) is 9.97 Å². The smallest absolute Gasteiger partial charge is 0.264 e. The van der Waals surface area contributed by atoms with E-state index in [-0.39, 0.29) is 17.5 Å². The van der Waals surface area contributed by atoms with Crippen LogP contribution in [0.25, 0.3) is 11.3 Å². The zero-order valence-electron chi connectivity index (χ0n) is 18.9. The fraction of sp³-hybridized carbons (Fsp3) is 0.185. The van der Waals surface area contributed by atoms with Gasteiger partial charge in [-0.3, -0.25) is 4.55 Å². The molecule has 0 aliphatic heterocycles. The first-order chi connectivity index (χ1) is 16.9. The lowest BCUT2D eigenvalue weighted by Gasteiger charge is -2.27. The van der Waals surface area contributed by atoms with Crippen LogP contribution in [0.1, 0.15) is 34.6 Å². The van der Waals surface area contributed by atoms with Crippen molar-refractivity contribution in [3.63, 3.8) is 0 Å². The van der Waals surface area contributed by atoms with Gasteiger partial charge in [-0.2, -0.15) is 8.42 Å². The summed E-state index contributed by atoms with van der Waals surface area (Å²) in [7, 11) is -3.94. The van der Waals surface area contributed by atoms with E-state index in [1.54, 1.807) is 12.3 Å². The van der Waals surface area contributed by atoms with Gasteiger partial charge in [0.1, 0.15) is 5.82 Å². The molecule has 178 valence electrons. The average Bonchev–Trinajstić information content (AvgIpc) is 2.84. The van der Waals surface area contributed by atoms with Gasteiger partial charge in [0.2, 0.25) is 5.95 Å². The first kappa shape index (κ1) is 23.1. The van der Waals surface area contributed by atoms with Crippen molar-refractivity contribution in [3.8, 4) is 11.3 Å². The molecule has 2 N–H and O–H groups in total. The van der Waals surface area contributed by atoms with E-state index in [4.69, 9.17) is 9.54 Å². The second-order valence-electron chi connectivity index (χ2n) is 8.64. The predicted molar refractivity (Wildman–Crippen MR) is 134 cm³/mol. The zero-order chi connectivity index (χ0) is 24.4. The van der Waals surface area contributed by atoms with E-state index in [0.29, 0.717) is 30.8 Å². The molecule has 1 aliphatic rings. The second-order valence-corrected chi connectivity index (χ2v) is 10.2. The molecule has 5 rings (SSSR count). The number of nitrogens with one attached hydrogen (secondary N) is 1. The van der Waals surface area contributed by atoms with Crippen molar-refractivity contribution in [2.45, 2.75) is 25.2 Å². The third kappa shape index (κ3) is 5.23. The number of fused-ring (bicyclic) bond motifs is 3. The number of aryl methyl sites for hydroxylation is 1. The summed E-state index contributed by atoms with van der Waals surface area (Å²) >= 11 is 0. The summed E-state index contributed by atoms with van der Waals surface area (Å²) in [5.74, 6) is -0.107. The molecule has 0 bridgehead atoms. The van der Waals surface area contributed by atoms with E-state index >= 15 is 0 Å². The summed E-state index contributed by atoms with van der Waals surface area (Å²) in [6.45, 7) is 0. The molecule has 4 aromatic rings. The maximum atomic E-state index is 14.6. The molecule has 0 saturated carbocycles. The molecule has 8 heteroatoms. The lowest BCUT2D eigenvalue weighted by atomic mass is 9.78. The molecule has 0 radical (unpaired) electrons. The van der Waals surface area contributed by atoms with Crippen molar-refractivity contribution in [2.75, 3.05) is 11.1 Å². The van der Waals surface area contributed by atoms with E-state index in [1.165, 1.54) is 6.07 Å². The Hall–Kier alpha value is -3.62. The number of anilines is 2. The van der Waals surface area contributed by atoms with Crippen molar-refractivity contribution >= 4 is 21.8 Å². The van der Waals surface area contributed by atoms with Crippen LogP contribution in [0.15, 0.2) is 79.0 Å². The summed E-state index contributed by atoms with van der Waals surface area (Å²) in [6.07, 6.45) is 3.33. The molecule has 0 unspecified atom stereocenters. The Morgan fingerprint density at radius 3 is 2.43 bits per heavy atom. The lowest BCUT2D eigenvalue weighted by molar-refractivity contribution is 0.481. The Morgan fingerprint density at radius 1 is 0.971 bits per heavy atom. The van der Waals surface area contributed by atoms with Crippen molar-refractivity contribution < 1.29 is 17.4 Å². The van der Waals surface area contributed by atoms with Gasteiger partial charge in [-0.05, 0) is 59.7 Å². The number of halogens is 1. The zero-order valence-corrected chi connectivity index (χ0v) is 19.7. The number of hydrogen-bond donors (Lipinski definition) is 2. The van der Waals surface area contributed by atoms with Crippen LogP contribution >= 0.6 is 0 Å². The Bertz CT molecular complexity index is 1470. The maximum absolute atomic E-state index is 14.6. The van der Waals surface area contributed by atoms with Gasteiger partial charge in [-0.1, -0.05) is 54.6 Å². The SMILES string of the molecule is O=S(=O)(O)CCCc1ccc(Nc2ncc3c(n2)-c2ccccc2[C@H](c2ccccc2F)C3)cc1. The molecule has 0 spiro atoms. The third-order valence-electron chi connectivity index (χ3n) is 6.24. The quantitative estimate of drug-likeness (QED) is 0.332. The first-order valence-electron chi connectivity index (χ1n) is 11.4. The molecule has 1 heterocycles. The minimum atomic E-state index is -3.94. The third-order valence-corrected chi connectivity index (χ3v) is 7.04. The van der Waals surface area contributed by atoms with Gasteiger partial charge in [-0.25, -0.2) is 14.4 Å². The highest BCUT2D eigenvalue weighted by Gasteiger charge is 2.28. The minimum absolute atomic E-state index is 0.101. The second kappa shape index (κ2) is 9.56. The molecule has 35 heavy (non-hydrogen) atoms. The number of aromatic nitrogens is 2. The van der Waals surface area contributed by atoms with Crippen LogP contribution in [0.4, 0.5) is 16.0 Å². The van der Waals surface area contributed by atoms with Crippen LogP contribution in [0.5, 0.6) is 0 Å². The standard InChI is InChI=1S/C27H24FN3O3S/c28-25-10-4-3-8-22(25)24-16-19-17-29-27(31-26(19)23-9-2-1-7-21(23)24)30-20-13-11-18(12-14-20)6-5-15-35(32,33)34/h1-4,7-14,17,24H,5-6,15-16H2,(H,29,30,31)(H,32,33,34)/t24-/m1/s1. The van der Waals surface area contributed by atoms with E-state index in [9.17, 15) is 12.8 Å². The normalized spacial score (nSPS) is 14.7. The minimum Gasteiger partial charge on any atom is -0.324 e. The lowest BCUT2D eigenvalue weighted by Crippen LogP contribution is -2.16. The Morgan fingerprint density at radius 2 is 1.69 bits per heavy atom. The fourth-order valence-electron chi connectivity index (χ4n) is 4.57. The van der Waals surface area contributed by atoms with Crippen LogP contribution in [0, 0.1) is 5.82 Å². The van der Waals surface area contributed by atoms with Gasteiger partial charge in [0.25, 0.3) is 10.1 Å². The molecule has 1 atom stereocenters. The molecule has 0 saturated heterocycles. The van der Waals surface area contributed by atoms with Crippen LogP contribution in [0.2, 0.25) is 0 Å². The van der Waals surface area contributed by atoms with E-state index < -0.39 is 10.1 Å². The number of rotatable bonds is 7. The van der Waals surface area contributed by atoms with Crippen LogP contribution < -0.4 is 5.32 Å². The molecular weight excluding hydrogens is 465 g/mol. The van der Waals surface area contributed by atoms with Crippen molar-refractivity contribution in [1.29, 1.82) is 0 Å². The summed E-state index contributed by atoms with van der Waals surface area (Å²) in [6, 6.07) is 22.4. The van der Waals surface area contributed by atoms with Gasteiger partial charge in [-0.15, -0.1) is 0 Å². The van der Waals surface area contributed by atoms with Gasteiger partial charge in [0.05, 0.1) is 11.4 Å². The molecule has 6 nitrogen and oxygen atoms in total. The Kier molecular flexibility index (Phi) is 6.32. The summed E-state index contributed by atoms with van der Waals surface area (Å²) in [5.41, 5.74) is 6.27. The first-order valence-corrected chi connectivity index (χ1v) is 13.0. The maximum Gasteiger partial charge on any atom is 0.264 e. The summed E-state index contributed by atoms with van der Waals surface area (Å²) in [4.78, 5) is 9.29. The van der Waals surface area contributed by atoms with E-state index in [2.05, 4.69) is 10.3 Å².